The van der Waals surface area contributed by atoms with Crippen molar-refractivity contribution >= 4 is 28.4 Å². The van der Waals surface area contributed by atoms with Gasteiger partial charge < -0.3 is 5.32 Å². The Morgan fingerprint density at radius 3 is 2.44 bits per heavy atom. The Balaban J connectivity index is 1.82. The summed E-state index contributed by atoms with van der Waals surface area (Å²) < 4.78 is 16.3. The van der Waals surface area contributed by atoms with Crippen molar-refractivity contribution in [3.8, 4) is 5.69 Å². The highest BCUT2D eigenvalue weighted by Gasteiger charge is 2.19. The van der Waals surface area contributed by atoms with E-state index in [4.69, 9.17) is 11.6 Å². The van der Waals surface area contributed by atoms with Gasteiger partial charge in [0.2, 0.25) is 5.91 Å². The monoisotopic (exact) mass is 451 g/mol. The van der Waals surface area contributed by atoms with Crippen LogP contribution in [-0.2, 0) is 11.3 Å². The molecule has 1 amide bonds. The second kappa shape index (κ2) is 8.80. The van der Waals surface area contributed by atoms with Gasteiger partial charge in [-0.1, -0.05) is 54.1 Å². The van der Waals surface area contributed by atoms with Crippen LogP contribution in [0.2, 0.25) is 5.02 Å². The molecule has 1 atom stereocenters. The number of aromatic nitrogens is 2. The maximum absolute atomic E-state index is 14.4. The molecular weight excluding hydrogens is 433 g/mol. The molecule has 0 fully saturated rings. The standard InChI is InChI=1S/C24H19ClFN3O3/c1-15(16-7-3-2-4-8-16)27-22(30)14-28-21-13-17(25)11-12-18(21)23(31)29(24(28)32)20-10-6-5-9-19(20)26/h2-13,15H,14H2,1H3,(H,27,30). The summed E-state index contributed by atoms with van der Waals surface area (Å²) in [4.78, 5) is 39.2. The molecule has 162 valence electrons. The first-order valence-electron chi connectivity index (χ1n) is 9.91. The van der Waals surface area contributed by atoms with E-state index in [1.54, 1.807) is 0 Å². The van der Waals surface area contributed by atoms with Crippen LogP contribution in [-0.4, -0.2) is 15.0 Å². The molecule has 1 heterocycles. The third-order valence-corrected chi connectivity index (χ3v) is 5.41. The summed E-state index contributed by atoms with van der Waals surface area (Å²) >= 11 is 6.09. The van der Waals surface area contributed by atoms with Crippen LogP contribution in [0.1, 0.15) is 18.5 Å². The summed E-state index contributed by atoms with van der Waals surface area (Å²) in [6.07, 6.45) is 0. The second-order valence-electron chi connectivity index (χ2n) is 7.32. The fourth-order valence-corrected chi connectivity index (χ4v) is 3.76. The summed E-state index contributed by atoms with van der Waals surface area (Å²) in [5, 5.41) is 3.28. The third kappa shape index (κ3) is 4.07. The zero-order valence-corrected chi connectivity index (χ0v) is 17.8. The van der Waals surface area contributed by atoms with Gasteiger partial charge in [-0.25, -0.2) is 13.8 Å². The quantitative estimate of drug-likeness (QED) is 0.501. The number of carbonyl (C=O) groups is 1. The largest absolute Gasteiger partial charge is 0.348 e. The lowest BCUT2D eigenvalue weighted by molar-refractivity contribution is -0.122. The van der Waals surface area contributed by atoms with E-state index in [-0.39, 0.29) is 29.2 Å². The van der Waals surface area contributed by atoms with E-state index < -0.39 is 23.0 Å². The Labute approximate surface area is 187 Å². The van der Waals surface area contributed by atoms with Crippen LogP contribution in [0.15, 0.2) is 82.4 Å². The molecule has 0 saturated carbocycles. The van der Waals surface area contributed by atoms with E-state index >= 15 is 0 Å². The smallest absolute Gasteiger partial charge is 0.336 e. The molecule has 1 unspecified atom stereocenters. The molecule has 0 bridgehead atoms. The van der Waals surface area contributed by atoms with Gasteiger partial charge in [-0.15, -0.1) is 0 Å². The number of fused-ring (bicyclic) bond motifs is 1. The van der Waals surface area contributed by atoms with Crippen molar-refractivity contribution in [2.24, 2.45) is 0 Å². The summed E-state index contributed by atoms with van der Waals surface area (Å²) in [5.74, 6) is -1.17. The lowest BCUT2D eigenvalue weighted by Gasteiger charge is -2.17. The fraction of sp³-hybridized carbons (Fsp3) is 0.125. The van der Waals surface area contributed by atoms with Gasteiger partial charge >= 0.3 is 5.69 Å². The van der Waals surface area contributed by atoms with Crippen molar-refractivity contribution in [2.45, 2.75) is 19.5 Å². The zero-order valence-electron chi connectivity index (χ0n) is 17.1. The highest BCUT2D eigenvalue weighted by molar-refractivity contribution is 6.31. The third-order valence-electron chi connectivity index (χ3n) is 5.18. The Morgan fingerprint density at radius 2 is 1.72 bits per heavy atom. The van der Waals surface area contributed by atoms with Crippen molar-refractivity contribution in [3.63, 3.8) is 0 Å². The topological polar surface area (TPSA) is 73.1 Å². The minimum atomic E-state index is -0.836. The molecule has 0 radical (unpaired) electrons. The number of rotatable bonds is 5. The summed E-state index contributed by atoms with van der Waals surface area (Å²) in [5.41, 5.74) is -0.621. The second-order valence-corrected chi connectivity index (χ2v) is 7.76. The van der Waals surface area contributed by atoms with Crippen LogP contribution < -0.4 is 16.6 Å². The van der Waals surface area contributed by atoms with Crippen LogP contribution in [0.3, 0.4) is 0 Å². The minimum absolute atomic E-state index is 0.140. The van der Waals surface area contributed by atoms with Gasteiger partial charge in [-0.3, -0.25) is 14.2 Å². The Bertz CT molecular complexity index is 1430. The van der Waals surface area contributed by atoms with Gasteiger partial charge in [0.15, 0.2) is 0 Å². The molecular formula is C24H19ClFN3O3. The molecule has 0 saturated heterocycles. The molecule has 0 spiro atoms. The van der Waals surface area contributed by atoms with Gasteiger partial charge in [-0.2, -0.15) is 0 Å². The molecule has 0 aliphatic rings. The molecule has 3 aromatic carbocycles. The van der Waals surface area contributed by atoms with E-state index in [0.717, 1.165) is 20.8 Å². The van der Waals surface area contributed by atoms with E-state index in [1.165, 1.54) is 36.4 Å². The van der Waals surface area contributed by atoms with Crippen molar-refractivity contribution in [1.29, 1.82) is 0 Å². The molecule has 0 aliphatic heterocycles. The van der Waals surface area contributed by atoms with E-state index in [2.05, 4.69) is 5.32 Å². The number of para-hydroxylation sites is 1. The van der Waals surface area contributed by atoms with Crippen LogP contribution in [0, 0.1) is 5.82 Å². The van der Waals surface area contributed by atoms with Gasteiger partial charge in [0, 0.05) is 5.02 Å². The lowest BCUT2D eigenvalue weighted by atomic mass is 10.1. The lowest BCUT2D eigenvalue weighted by Crippen LogP contribution is -2.42. The van der Waals surface area contributed by atoms with E-state index in [1.807, 2.05) is 37.3 Å². The first-order chi connectivity index (χ1) is 15.4. The average molecular weight is 452 g/mol. The first-order valence-corrected chi connectivity index (χ1v) is 10.3. The molecule has 8 heteroatoms. The molecule has 1 aromatic heterocycles. The number of amides is 1. The number of carbonyl (C=O) groups excluding carboxylic acids is 1. The van der Waals surface area contributed by atoms with Crippen LogP contribution in [0.5, 0.6) is 0 Å². The van der Waals surface area contributed by atoms with Crippen LogP contribution in [0.4, 0.5) is 4.39 Å². The molecule has 0 aliphatic carbocycles. The van der Waals surface area contributed by atoms with E-state index in [0.29, 0.717) is 5.02 Å². The molecule has 4 rings (SSSR count). The summed E-state index contributed by atoms with van der Waals surface area (Å²) in [6.45, 7) is 1.45. The molecule has 4 aromatic rings. The number of hydrogen-bond donors (Lipinski definition) is 1. The fourth-order valence-electron chi connectivity index (χ4n) is 3.59. The number of hydrogen-bond acceptors (Lipinski definition) is 3. The zero-order chi connectivity index (χ0) is 22.8. The number of nitrogens with zero attached hydrogens (tertiary/aromatic N) is 2. The highest BCUT2D eigenvalue weighted by Crippen LogP contribution is 2.18. The SMILES string of the molecule is CC(NC(=O)Cn1c(=O)n(-c2ccccc2F)c(=O)c2ccc(Cl)cc21)c1ccccc1. The van der Waals surface area contributed by atoms with E-state index in [9.17, 15) is 18.8 Å². The Morgan fingerprint density at radius 1 is 1.03 bits per heavy atom. The minimum Gasteiger partial charge on any atom is -0.348 e. The van der Waals surface area contributed by atoms with Crippen molar-refractivity contribution in [2.75, 3.05) is 0 Å². The van der Waals surface area contributed by atoms with Crippen LogP contribution in [0.25, 0.3) is 16.6 Å². The summed E-state index contributed by atoms with van der Waals surface area (Å²) in [6, 6.07) is 18.9. The number of halogens is 2. The van der Waals surface area contributed by atoms with Gasteiger partial charge in [0.05, 0.1) is 22.6 Å². The molecule has 1 N–H and O–H groups in total. The predicted octanol–water partition coefficient (Wildman–Crippen LogP) is 3.82. The predicted molar refractivity (Wildman–Crippen MR) is 122 cm³/mol. The van der Waals surface area contributed by atoms with Gasteiger partial charge in [0.25, 0.3) is 5.56 Å². The average Bonchev–Trinajstić information content (AvgIpc) is 2.78. The maximum atomic E-state index is 14.4. The van der Waals surface area contributed by atoms with Crippen molar-refractivity contribution in [3.05, 3.63) is 110 Å². The Kier molecular flexibility index (Phi) is 5.92. The number of benzene rings is 3. The normalized spacial score (nSPS) is 12.0. The first kappa shape index (κ1) is 21.5. The summed E-state index contributed by atoms with van der Waals surface area (Å²) in [7, 11) is 0. The maximum Gasteiger partial charge on any atom is 0.336 e. The Hall–Kier alpha value is -3.71. The van der Waals surface area contributed by atoms with Gasteiger partial charge in [-0.05, 0) is 42.8 Å². The van der Waals surface area contributed by atoms with Gasteiger partial charge in [0.1, 0.15) is 12.4 Å². The van der Waals surface area contributed by atoms with Crippen molar-refractivity contribution < 1.29 is 9.18 Å². The molecule has 6 nitrogen and oxygen atoms in total. The van der Waals surface area contributed by atoms with Crippen LogP contribution >= 0.6 is 11.6 Å². The molecule has 32 heavy (non-hydrogen) atoms. The highest BCUT2D eigenvalue weighted by atomic mass is 35.5. The van der Waals surface area contributed by atoms with Crippen molar-refractivity contribution in [1.82, 2.24) is 14.5 Å². The number of nitrogens with one attached hydrogen (secondary N) is 1.